The lowest BCUT2D eigenvalue weighted by atomic mass is 9.62. The lowest BCUT2D eigenvalue weighted by molar-refractivity contribution is -0.159. The molecule has 3 aliphatic rings. The summed E-state index contributed by atoms with van der Waals surface area (Å²) in [4.78, 5) is 48.2. The van der Waals surface area contributed by atoms with E-state index in [9.17, 15) is 19.5 Å². The molecule has 0 aliphatic carbocycles. The quantitative estimate of drug-likeness (QED) is 0.369. The lowest BCUT2D eigenvalue weighted by Gasteiger charge is -2.42. The minimum atomic E-state index is -1.14. The zero-order valence-electron chi connectivity index (χ0n) is 24.5. The molecular formula is C30H49N3O5. The van der Waals surface area contributed by atoms with Crippen LogP contribution in [0.5, 0.6) is 0 Å². The van der Waals surface area contributed by atoms with E-state index in [1.165, 1.54) is 0 Å². The zero-order valence-corrected chi connectivity index (χ0v) is 24.5. The molecular weight excluding hydrogens is 482 g/mol. The van der Waals surface area contributed by atoms with E-state index in [4.69, 9.17) is 4.74 Å². The predicted molar refractivity (Wildman–Crippen MR) is 148 cm³/mol. The number of nitrogens with zero attached hydrogens (tertiary/aromatic N) is 3. The fourth-order valence-corrected chi connectivity index (χ4v) is 7.27. The highest BCUT2D eigenvalue weighted by atomic mass is 16.5. The molecule has 8 nitrogen and oxygen atoms in total. The van der Waals surface area contributed by atoms with Crippen LogP contribution in [-0.2, 0) is 19.1 Å². The van der Waals surface area contributed by atoms with Crippen molar-refractivity contribution in [1.82, 2.24) is 14.7 Å². The average molecular weight is 532 g/mol. The van der Waals surface area contributed by atoms with Gasteiger partial charge < -0.3 is 24.5 Å². The summed E-state index contributed by atoms with van der Waals surface area (Å²) in [7, 11) is 0. The molecule has 3 rings (SSSR count). The van der Waals surface area contributed by atoms with Crippen molar-refractivity contribution in [2.75, 3.05) is 26.2 Å². The second-order valence-electron chi connectivity index (χ2n) is 12.0. The van der Waals surface area contributed by atoms with Crippen LogP contribution in [0.1, 0.15) is 67.7 Å². The van der Waals surface area contributed by atoms with Crippen LogP contribution in [0.4, 0.5) is 0 Å². The maximum Gasteiger partial charge on any atom is 0.248 e. The summed E-state index contributed by atoms with van der Waals surface area (Å²) >= 11 is 0. The molecule has 1 spiro atoms. The van der Waals surface area contributed by atoms with Crippen molar-refractivity contribution in [2.45, 2.75) is 97.1 Å². The van der Waals surface area contributed by atoms with E-state index >= 15 is 0 Å². The fraction of sp³-hybridized carbons (Fsp3) is 0.767. The summed E-state index contributed by atoms with van der Waals surface area (Å²) in [5, 5.41) is 10.5. The van der Waals surface area contributed by atoms with E-state index < -0.39 is 35.1 Å². The molecule has 0 aromatic carbocycles. The van der Waals surface area contributed by atoms with Gasteiger partial charge >= 0.3 is 0 Å². The van der Waals surface area contributed by atoms with Crippen LogP contribution in [0.15, 0.2) is 25.3 Å². The molecule has 2 bridgehead atoms. The molecule has 1 N–H and O–H groups in total. The van der Waals surface area contributed by atoms with Crippen LogP contribution < -0.4 is 0 Å². The first-order valence-electron chi connectivity index (χ1n) is 14.4. The number of hydrogen-bond acceptors (Lipinski definition) is 5. The van der Waals surface area contributed by atoms with E-state index in [0.717, 1.165) is 12.8 Å². The molecule has 214 valence electrons. The summed E-state index contributed by atoms with van der Waals surface area (Å²) in [6, 6.07) is -1.60. The Balaban J connectivity index is 2.22. The van der Waals surface area contributed by atoms with Crippen molar-refractivity contribution in [3.63, 3.8) is 0 Å². The summed E-state index contributed by atoms with van der Waals surface area (Å²) in [6.45, 7) is 22.6. The molecule has 0 radical (unpaired) electrons. The first-order chi connectivity index (χ1) is 17.9. The van der Waals surface area contributed by atoms with Crippen LogP contribution in [0.2, 0.25) is 0 Å². The second kappa shape index (κ2) is 11.5. The van der Waals surface area contributed by atoms with Crippen LogP contribution in [-0.4, -0.2) is 93.1 Å². The molecule has 3 unspecified atom stereocenters. The van der Waals surface area contributed by atoms with Gasteiger partial charge in [0.1, 0.15) is 11.6 Å². The minimum Gasteiger partial charge on any atom is -0.394 e. The predicted octanol–water partition coefficient (Wildman–Crippen LogP) is 3.25. The Morgan fingerprint density at radius 3 is 2.32 bits per heavy atom. The molecule has 8 heteroatoms. The van der Waals surface area contributed by atoms with Crippen LogP contribution in [0, 0.1) is 23.7 Å². The minimum absolute atomic E-state index is 0.0361. The summed E-state index contributed by atoms with van der Waals surface area (Å²) in [6.07, 6.45) is 5.41. The number of aliphatic hydroxyl groups excluding tert-OH is 1. The number of carbonyl (C=O) groups is 3. The lowest BCUT2D eigenvalue weighted by Crippen LogP contribution is -2.60. The Kier molecular flexibility index (Phi) is 9.19. The number of likely N-dealkylation sites (tertiary alicyclic amines) is 1. The van der Waals surface area contributed by atoms with Crippen molar-refractivity contribution in [3.8, 4) is 0 Å². The number of ether oxygens (including phenoxy) is 1. The number of fused-ring (bicyclic) bond motifs is 1. The maximum absolute atomic E-state index is 14.5. The van der Waals surface area contributed by atoms with Crippen molar-refractivity contribution < 1.29 is 24.2 Å². The molecule has 0 saturated carbocycles. The van der Waals surface area contributed by atoms with Gasteiger partial charge in [0.05, 0.1) is 30.1 Å². The Morgan fingerprint density at radius 1 is 1.18 bits per heavy atom. The fourth-order valence-electron chi connectivity index (χ4n) is 7.27. The van der Waals surface area contributed by atoms with Crippen molar-refractivity contribution in [2.24, 2.45) is 23.7 Å². The summed E-state index contributed by atoms with van der Waals surface area (Å²) in [5.74, 6) is -2.17. The molecule has 8 atom stereocenters. The third-order valence-corrected chi connectivity index (χ3v) is 9.48. The normalized spacial score (nSPS) is 33.3. The SMILES string of the molecule is C=CCN(CCC)C(=O)[C@H]1[C@H]2C(=O)N([C@@H](CO)[C@@H](C)CC)C(C(=O)N(CC=C)C(C)C)C23CC(C)[C@]1(C)O3. The molecule has 3 aliphatic heterocycles. The number of hydrogen-bond donors (Lipinski definition) is 1. The number of aliphatic hydroxyl groups is 1. The first-order valence-corrected chi connectivity index (χ1v) is 14.4. The molecule has 0 aromatic heterocycles. The molecule has 3 heterocycles. The summed E-state index contributed by atoms with van der Waals surface area (Å²) in [5.41, 5.74) is -2.01. The topological polar surface area (TPSA) is 90.4 Å². The van der Waals surface area contributed by atoms with Gasteiger partial charge in [-0.25, -0.2) is 0 Å². The molecule has 3 saturated heterocycles. The standard InChI is InChI=1S/C30H49N3O5/c1-10-14-31(15-11-2)26(35)23-24-27(36)33(22(18-34)20(7)13-4)25(28(37)32(16-12-3)19(5)6)30(24)17-21(8)29(23,9)38-30/h10,12,19-25,34H,1,3,11,13-18H2,2,4-9H3/t20-,21?,22-,23+,24-,25?,29-,30?/m0/s1. The van der Waals surface area contributed by atoms with Gasteiger partial charge in [-0.3, -0.25) is 14.4 Å². The highest BCUT2D eigenvalue weighted by Gasteiger charge is 2.80. The third-order valence-electron chi connectivity index (χ3n) is 9.48. The first kappa shape index (κ1) is 30.4. The van der Waals surface area contributed by atoms with Crippen LogP contribution in [0.25, 0.3) is 0 Å². The molecule has 0 aromatic rings. The number of carbonyl (C=O) groups excluding carboxylic acids is 3. The smallest absolute Gasteiger partial charge is 0.248 e. The van der Waals surface area contributed by atoms with E-state index in [2.05, 4.69) is 20.1 Å². The Bertz CT molecular complexity index is 937. The van der Waals surface area contributed by atoms with Crippen molar-refractivity contribution in [3.05, 3.63) is 25.3 Å². The van der Waals surface area contributed by atoms with Gasteiger partial charge in [-0.2, -0.15) is 0 Å². The highest BCUT2D eigenvalue weighted by molar-refractivity contribution is 5.99. The van der Waals surface area contributed by atoms with Crippen LogP contribution in [0.3, 0.4) is 0 Å². The molecule has 3 amide bonds. The van der Waals surface area contributed by atoms with Gasteiger partial charge in [0.25, 0.3) is 0 Å². The van der Waals surface area contributed by atoms with Crippen LogP contribution >= 0.6 is 0 Å². The third kappa shape index (κ3) is 4.51. The van der Waals surface area contributed by atoms with E-state index in [0.29, 0.717) is 26.1 Å². The Hall–Kier alpha value is -2.19. The largest absolute Gasteiger partial charge is 0.394 e. The number of amides is 3. The van der Waals surface area contributed by atoms with Gasteiger partial charge in [0, 0.05) is 25.7 Å². The van der Waals surface area contributed by atoms with Gasteiger partial charge in [0.2, 0.25) is 17.7 Å². The molecule has 3 fully saturated rings. The van der Waals surface area contributed by atoms with Gasteiger partial charge in [0.15, 0.2) is 0 Å². The zero-order chi connectivity index (χ0) is 28.6. The Morgan fingerprint density at radius 2 is 1.82 bits per heavy atom. The monoisotopic (exact) mass is 531 g/mol. The molecule has 38 heavy (non-hydrogen) atoms. The van der Waals surface area contributed by atoms with Gasteiger partial charge in [-0.1, -0.05) is 46.3 Å². The van der Waals surface area contributed by atoms with Gasteiger partial charge in [-0.05, 0) is 45.4 Å². The van der Waals surface area contributed by atoms with Gasteiger partial charge in [-0.15, -0.1) is 13.2 Å². The van der Waals surface area contributed by atoms with E-state index in [1.807, 2.05) is 41.5 Å². The van der Waals surface area contributed by atoms with E-state index in [1.54, 1.807) is 26.9 Å². The number of rotatable bonds is 13. The van der Waals surface area contributed by atoms with Crippen molar-refractivity contribution in [1.29, 1.82) is 0 Å². The Labute approximate surface area is 229 Å². The van der Waals surface area contributed by atoms with Crippen molar-refractivity contribution >= 4 is 17.7 Å². The summed E-state index contributed by atoms with van der Waals surface area (Å²) < 4.78 is 6.88. The average Bonchev–Trinajstić information content (AvgIpc) is 3.38. The second-order valence-corrected chi connectivity index (χ2v) is 12.0. The highest BCUT2D eigenvalue weighted by Crippen LogP contribution is 2.66. The van der Waals surface area contributed by atoms with E-state index in [-0.39, 0.29) is 42.2 Å². The maximum atomic E-state index is 14.5.